The minimum absolute atomic E-state index is 0.394. The van der Waals surface area contributed by atoms with Crippen LogP contribution in [0.15, 0.2) is 42.6 Å². The molecule has 1 N–H and O–H groups in total. The van der Waals surface area contributed by atoms with E-state index in [4.69, 9.17) is 0 Å². The summed E-state index contributed by atoms with van der Waals surface area (Å²) in [5, 5.41) is 11.4. The molecule has 0 saturated carbocycles. The van der Waals surface area contributed by atoms with E-state index in [1.54, 1.807) is 6.20 Å². The zero-order valence-electron chi connectivity index (χ0n) is 9.51. The summed E-state index contributed by atoms with van der Waals surface area (Å²) in [6, 6.07) is 12.1. The molecule has 3 nitrogen and oxygen atoms in total. The first-order valence-electron chi connectivity index (χ1n) is 5.40. The van der Waals surface area contributed by atoms with Gasteiger partial charge in [-0.05, 0) is 24.1 Å². The van der Waals surface area contributed by atoms with E-state index in [1.807, 2.05) is 36.4 Å². The zero-order chi connectivity index (χ0) is 11.4. The molecular weight excluding hydrogens is 198 g/mol. The van der Waals surface area contributed by atoms with Crippen molar-refractivity contribution in [3.05, 3.63) is 48.3 Å². The Bertz CT molecular complexity index is 452. The molecule has 3 heteroatoms. The lowest BCUT2D eigenvalue weighted by molar-refractivity contribution is 0.786. The van der Waals surface area contributed by atoms with E-state index >= 15 is 0 Å². The van der Waals surface area contributed by atoms with Crippen LogP contribution in [0.5, 0.6) is 0 Å². The lowest BCUT2D eigenvalue weighted by atomic mass is 10.1. The summed E-state index contributed by atoms with van der Waals surface area (Å²) >= 11 is 0. The normalized spacial score (nSPS) is 10.4. The first-order valence-corrected chi connectivity index (χ1v) is 5.40. The molecule has 0 amide bonds. The number of hydrogen-bond acceptors (Lipinski definition) is 3. The summed E-state index contributed by atoms with van der Waals surface area (Å²) in [6.07, 6.45) is 1.74. The SMILES string of the molecule is CC(C)c1cc(Nc2ccccc2)cnn1. The van der Waals surface area contributed by atoms with E-state index in [0.717, 1.165) is 17.1 Å². The predicted octanol–water partition coefficient (Wildman–Crippen LogP) is 3.34. The highest BCUT2D eigenvalue weighted by molar-refractivity contribution is 5.58. The van der Waals surface area contributed by atoms with Crippen LogP contribution in [0, 0.1) is 0 Å². The van der Waals surface area contributed by atoms with Gasteiger partial charge < -0.3 is 5.32 Å². The molecule has 0 aliphatic carbocycles. The maximum Gasteiger partial charge on any atom is 0.0731 e. The van der Waals surface area contributed by atoms with Crippen LogP contribution in [0.3, 0.4) is 0 Å². The second-order valence-corrected chi connectivity index (χ2v) is 4.01. The largest absolute Gasteiger partial charge is 0.354 e. The molecule has 0 aliphatic rings. The number of nitrogens with one attached hydrogen (secondary N) is 1. The van der Waals surface area contributed by atoms with Gasteiger partial charge in [0.25, 0.3) is 0 Å². The molecule has 2 rings (SSSR count). The molecular formula is C13H15N3. The molecule has 1 aromatic heterocycles. The Kier molecular flexibility index (Phi) is 3.15. The fourth-order valence-corrected chi connectivity index (χ4v) is 1.42. The lowest BCUT2D eigenvalue weighted by Crippen LogP contribution is -1.98. The highest BCUT2D eigenvalue weighted by atomic mass is 15.1. The van der Waals surface area contributed by atoms with Crippen molar-refractivity contribution < 1.29 is 0 Å². The van der Waals surface area contributed by atoms with Gasteiger partial charge in [-0.25, -0.2) is 0 Å². The van der Waals surface area contributed by atoms with Crippen LogP contribution in [0.1, 0.15) is 25.5 Å². The Hall–Kier alpha value is -1.90. The van der Waals surface area contributed by atoms with Crippen LogP contribution in [0.2, 0.25) is 0 Å². The molecule has 0 radical (unpaired) electrons. The average Bonchev–Trinajstić information content (AvgIpc) is 2.30. The van der Waals surface area contributed by atoms with E-state index in [1.165, 1.54) is 0 Å². The lowest BCUT2D eigenvalue weighted by Gasteiger charge is -2.08. The number of anilines is 2. The van der Waals surface area contributed by atoms with Crippen molar-refractivity contribution in [3.8, 4) is 0 Å². The first-order chi connectivity index (χ1) is 7.75. The number of para-hydroxylation sites is 1. The standard InChI is InChI=1S/C13H15N3/c1-10(2)13-8-12(9-14-16-13)15-11-6-4-3-5-7-11/h3-10H,1-2H3,(H,15,16). The first kappa shape index (κ1) is 10.6. The molecule has 0 spiro atoms. The van der Waals surface area contributed by atoms with Crippen LogP contribution in [0.4, 0.5) is 11.4 Å². The smallest absolute Gasteiger partial charge is 0.0731 e. The second kappa shape index (κ2) is 4.75. The van der Waals surface area contributed by atoms with Gasteiger partial charge in [-0.15, -0.1) is 0 Å². The Labute approximate surface area is 95.5 Å². The van der Waals surface area contributed by atoms with Gasteiger partial charge in [0.05, 0.1) is 17.6 Å². The van der Waals surface area contributed by atoms with Crippen LogP contribution in [-0.2, 0) is 0 Å². The molecule has 0 unspecified atom stereocenters. The van der Waals surface area contributed by atoms with E-state index < -0.39 is 0 Å². The van der Waals surface area contributed by atoms with Crippen molar-refractivity contribution >= 4 is 11.4 Å². The summed E-state index contributed by atoms with van der Waals surface area (Å²) < 4.78 is 0. The van der Waals surface area contributed by atoms with Gasteiger partial charge in [-0.3, -0.25) is 0 Å². The van der Waals surface area contributed by atoms with Gasteiger partial charge in [-0.2, -0.15) is 10.2 Å². The van der Waals surface area contributed by atoms with Crippen LogP contribution in [-0.4, -0.2) is 10.2 Å². The highest BCUT2D eigenvalue weighted by Gasteiger charge is 2.02. The predicted molar refractivity (Wildman–Crippen MR) is 65.8 cm³/mol. The van der Waals surface area contributed by atoms with E-state index in [-0.39, 0.29) is 0 Å². The molecule has 0 bridgehead atoms. The fraction of sp³-hybridized carbons (Fsp3) is 0.231. The Morgan fingerprint density at radius 3 is 2.50 bits per heavy atom. The van der Waals surface area contributed by atoms with Crippen molar-refractivity contribution in [3.63, 3.8) is 0 Å². The number of hydrogen-bond donors (Lipinski definition) is 1. The molecule has 1 heterocycles. The minimum Gasteiger partial charge on any atom is -0.354 e. The summed E-state index contributed by atoms with van der Waals surface area (Å²) in [6.45, 7) is 4.21. The summed E-state index contributed by atoms with van der Waals surface area (Å²) in [7, 11) is 0. The Morgan fingerprint density at radius 1 is 1.06 bits per heavy atom. The maximum absolute atomic E-state index is 4.09. The molecule has 16 heavy (non-hydrogen) atoms. The quantitative estimate of drug-likeness (QED) is 0.849. The number of rotatable bonds is 3. The van der Waals surface area contributed by atoms with Gasteiger partial charge in [0.15, 0.2) is 0 Å². The fourth-order valence-electron chi connectivity index (χ4n) is 1.42. The van der Waals surface area contributed by atoms with Gasteiger partial charge in [0, 0.05) is 5.69 Å². The van der Waals surface area contributed by atoms with E-state index in [2.05, 4.69) is 29.4 Å². The second-order valence-electron chi connectivity index (χ2n) is 4.01. The Balaban J connectivity index is 2.19. The molecule has 2 aromatic rings. The number of benzene rings is 1. The van der Waals surface area contributed by atoms with E-state index in [9.17, 15) is 0 Å². The van der Waals surface area contributed by atoms with Crippen molar-refractivity contribution in [2.45, 2.75) is 19.8 Å². The summed E-state index contributed by atoms with van der Waals surface area (Å²) in [5.74, 6) is 0.394. The van der Waals surface area contributed by atoms with Gasteiger partial charge >= 0.3 is 0 Å². The zero-order valence-corrected chi connectivity index (χ0v) is 9.51. The molecule has 0 saturated heterocycles. The third-order valence-electron chi connectivity index (χ3n) is 2.33. The third-order valence-corrected chi connectivity index (χ3v) is 2.33. The van der Waals surface area contributed by atoms with Crippen molar-refractivity contribution in [1.82, 2.24) is 10.2 Å². The minimum atomic E-state index is 0.394. The van der Waals surface area contributed by atoms with Crippen molar-refractivity contribution in [2.24, 2.45) is 0 Å². The number of nitrogens with zero attached hydrogens (tertiary/aromatic N) is 2. The van der Waals surface area contributed by atoms with Crippen LogP contribution >= 0.6 is 0 Å². The molecule has 1 aromatic carbocycles. The van der Waals surface area contributed by atoms with Crippen molar-refractivity contribution in [2.75, 3.05) is 5.32 Å². The third kappa shape index (κ3) is 2.57. The van der Waals surface area contributed by atoms with Gasteiger partial charge in [0.1, 0.15) is 0 Å². The van der Waals surface area contributed by atoms with Gasteiger partial charge in [0.2, 0.25) is 0 Å². The molecule has 82 valence electrons. The summed E-state index contributed by atoms with van der Waals surface area (Å²) in [4.78, 5) is 0. The topological polar surface area (TPSA) is 37.8 Å². The van der Waals surface area contributed by atoms with Crippen LogP contribution < -0.4 is 5.32 Å². The van der Waals surface area contributed by atoms with E-state index in [0.29, 0.717) is 5.92 Å². The van der Waals surface area contributed by atoms with Crippen molar-refractivity contribution in [1.29, 1.82) is 0 Å². The number of aromatic nitrogens is 2. The Morgan fingerprint density at radius 2 is 1.81 bits per heavy atom. The molecule has 0 aliphatic heterocycles. The maximum atomic E-state index is 4.09. The van der Waals surface area contributed by atoms with Crippen LogP contribution in [0.25, 0.3) is 0 Å². The average molecular weight is 213 g/mol. The molecule has 0 fully saturated rings. The summed E-state index contributed by atoms with van der Waals surface area (Å²) in [5.41, 5.74) is 3.04. The van der Waals surface area contributed by atoms with Gasteiger partial charge in [-0.1, -0.05) is 32.0 Å². The molecule has 0 atom stereocenters. The highest BCUT2D eigenvalue weighted by Crippen LogP contribution is 2.18. The monoisotopic (exact) mass is 213 g/mol.